The van der Waals surface area contributed by atoms with Gasteiger partial charge in [-0.1, -0.05) is 0 Å². The summed E-state index contributed by atoms with van der Waals surface area (Å²) in [6.07, 6.45) is 0.330. The summed E-state index contributed by atoms with van der Waals surface area (Å²) in [5.41, 5.74) is -1.34. The number of halogens is 2. The van der Waals surface area contributed by atoms with E-state index in [0.29, 0.717) is 0 Å². The summed E-state index contributed by atoms with van der Waals surface area (Å²) in [5.74, 6) is -3.52. The summed E-state index contributed by atoms with van der Waals surface area (Å²) in [6.45, 7) is 6.16. The minimum Gasteiger partial charge on any atom is -0.466 e. The van der Waals surface area contributed by atoms with Gasteiger partial charge in [0.15, 0.2) is 11.6 Å². The number of hydrogen-bond acceptors (Lipinski definition) is 8. The Morgan fingerprint density at radius 1 is 1.00 bits per heavy atom. The predicted molar refractivity (Wildman–Crippen MR) is 112 cm³/mol. The number of ether oxygens (including phenoxy) is 3. The van der Waals surface area contributed by atoms with E-state index in [2.05, 4.69) is 14.8 Å². The van der Waals surface area contributed by atoms with Crippen molar-refractivity contribution >= 4 is 29.4 Å². The molecule has 1 heterocycles. The van der Waals surface area contributed by atoms with E-state index >= 15 is 0 Å². The zero-order chi connectivity index (χ0) is 24.1. The number of esters is 2. The molecule has 1 aliphatic rings. The van der Waals surface area contributed by atoms with Crippen molar-refractivity contribution in [2.24, 2.45) is 0 Å². The lowest BCUT2D eigenvalue weighted by molar-refractivity contribution is -0.138. The van der Waals surface area contributed by atoms with E-state index in [0.717, 1.165) is 32.4 Å². The topological polar surface area (TPSA) is 97.4 Å². The second-order valence-corrected chi connectivity index (χ2v) is 7.94. The fourth-order valence-electron chi connectivity index (χ4n) is 2.97. The molecule has 0 saturated carbocycles. The van der Waals surface area contributed by atoms with Crippen molar-refractivity contribution in [2.75, 3.05) is 50.6 Å². The normalized spacial score (nSPS) is 14.7. The maximum Gasteiger partial charge on any atom is 0.410 e. The van der Waals surface area contributed by atoms with Gasteiger partial charge in [-0.05, 0) is 32.9 Å². The molecule has 0 aliphatic carbocycles. The highest BCUT2D eigenvalue weighted by Gasteiger charge is 2.28. The van der Waals surface area contributed by atoms with E-state index in [1.165, 1.54) is 9.80 Å². The number of nitrogens with one attached hydrogen (secondary N) is 1. The number of anilines is 2. The average molecular weight is 455 g/mol. The van der Waals surface area contributed by atoms with Gasteiger partial charge in [-0.2, -0.15) is 0 Å². The number of rotatable bonds is 5. The van der Waals surface area contributed by atoms with Crippen LogP contribution >= 0.6 is 0 Å². The van der Waals surface area contributed by atoms with E-state index in [1.54, 1.807) is 20.8 Å². The van der Waals surface area contributed by atoms with Crippen LogP contribution in [0.25, 0.3) is 0 Å². The maximum absolute atomic E-state index is 14.8. The van der Waals surface area contributed by atoms with Gasteiger partial charge in [0.2, 0.25) is 0 Å². The molecular formula is C21H27F2N3O6. The molecule has 1 fully saturated rings. The molecule has 0 atom stereocenters. The van der Waals surface area contributed by atoms with Gasteiger partial charge < -0.3 is 29.3 Å². The minimum absolute atomic E-state index is 0.100. The number of carbonyl (C=O) groups excluding carboxylic acids is 3. The lowest BCUT2D eigenvalue weighted by atomic mass is 10.2. The second kappa shape index (κ2) is 10.3. The zero-order valence-corrected chi connectivity index (χ0v) is 18.7. The fraction of sp³-hybridized carbons (Fsp3) is 0.476. The van der Waals surface area contributed by atoms with Gasteiger partial charge in [0.05, 0.1) is 20.3 Å². The van der Waals surface area contributed by atoms with Gasteiger partial charge in [-0.3, -0.25) is 0 Å². The predicted octanol–water partition coefficient (Wildman–Crippen LogP) is 2.66. The summed E-state index contributed by atoms with van der Waals surface area (Å²) >= 11 is 0. The molecule has 11 heteroatoms. The Kier molecular flexibility index (Phi) is 8.01. The third kappa shape index (κ3) is 6.56. The van der Waals surface area contributed by atoms with Crippen LogP contribution in [0.2, 0.25) is 0 Å². The van der Waals surface area contributed by atoms with Gasteiger partial charge in [-0.25, -0.2) is 23.2 Å². The lowest BCUT2D eigenvalue weighted by Crippen LogP contribution is -2.50. The highest BCUT2D eigenvalue weighted by atomic mass is 19.1. The molecule has 0 aromatic heterocycles. The molecule has 176 valence electrons. The Morgan fingerprint density at radius 3 is 2.03 bits per heavy atom. The largest absolute Gasteiger partial charge is 0.466 e. The Morgan fingerprint density at radius 2 is 1.56 bits per heavy atom. The first-order valence-corrected chi connectivity index (χ1v) is 9.82. The quantitative estimate of drug-likeness (QED) is 0.411. The Hall–Kier alpha value is -3.37. The number of benzene rings is 1. The van der Waals surface area contributed by atoms with Crippen molar-refractivity contribution in [3.8, 4) is 0 Å². The molecular weight excluding hydrogens is 428 g/mol. The Labute approximate surface area is 184 Å². The van der Waals surface area contributed by atoms with E-state index in [9.17, 15) is 23.2 Å². The number of amides is 1. The van der Waals surface area contributed by atoms with E-state index in [1.807, 2.05) is 0 Å². The molecule has 0 spiro atoms. The molecule has 32 heavy (non-hydrogen) atoms. The molecule has 9 nitrogen and oxygen atoms in total. The van der Waals surface area contributed by atoms with Gasteiger partial charge in [0.25, 0.3) is 0 Å². The van der Waals surface area contributed by atoms with Crippen LogP contribution in [0.15, 0.2) is 23.9 Å². The van der Waals surface area contributed by atoms with Crippen molar-refractivity contribution in [3.05, 3.63) is 35.5 Å². The van der Waals surface area contributed by atoms with E-state index in [-0.39, 0.29) is 43.3 Å². The van der Waals surface area contributed by atoms with Crippen molar-refractivity contribution in [1.29, 1.82) is 0 Å². The maximum atomic E-state index is 14.8. The molecule has 1 amide bonds. The lowest BCUT2D eigenvalue weighted by Gasteiger charge is -2.37. The van der Waals surface area contributed by atoms with Gasteiger partial charge >= 0.3 is 18.0 Å². The third-order valence-electron chi connectivity index (χ3n) is 4.41. The molecule has 1 aliphatic heterocycles. The summed E-state index contributed by atoms with van der Waals surface area (Å²) in [4.78, 5) is 38.4. The molecule has 1 saturated heterocycles. The van der Waals surface area contributed by atoms with Crippen molar-refractivity contribution < 1.29 is 37.4 Å². The number of carbonyl (C=O) groups is 3. The van der Waals surface area contributed by atoms with Crippen LogP contribution in [-0.4, -0.2) is 68.9 Å². The molecule has 2 rings (SSSR count). The van der Waals surface area contributed by atoms with Gasteiger partial charge in [0, 0.05) is 31.9 Å². The minimum atomic E-state index is -0.918. The van der Waals surface area contributed by atoms with Crippen LogP contribution in [0.3, 0.4) is 0 Å². The molecule has 1 N–H and O–H groups in total. The highest BCUT2D eigenvalue weighted by Crippen LogP contribution is 2.29. The van der Waals surface area contributed by atoms with Crippen molar-refractivity contribution in [3.63, 3.8) is 0 Å². The zero-order valence-electron chi connectivity index (χ0n) is 18.7. The van der Waals surface area contributed by atoms with Crippen LogP contribution in [0, 0.1) is 11.6 Å². The first-order chi connectivity index (χ1) is 14.9. The number of methoxy groups -OCH3 is 2. The van der Waals surface area contributed by atoms with Crippen LogP contribution in [0.1, 0.15) is 20.8 Å². The number of piperazine rings is 1. The second-order valence-electron chi connectivity index (χ2n) is 7.94. The molecule has 1 aromatic carbocycles. The first-order valence-electron chi connectivity index (χ1n) is 9.82. The molecule has 0 unspecified atom stereocenters. The third-order valence-corrected chi connectivity index (χ3v) is 4.41. The summed E-state index contributed by atoms with van der Waals surface area (Å²) in [5, 5.41) is 2.47. The standard InChI is InChI=1S/C21H27F2N3O6/c1-21(2,3)32-20(29)26-8-6-25(7-9-26)18-14(22)10-13(11-15(18)23)24-16(19(28)31-5)12-17(27)30-4/h10-12,24H,6-9H2,1-5H3/b16-12+. The van der Waals surface area contributed by atoms with Crippen LogP contribution in [-0.2, 0) is 23.8 Å². The fourth-order valence-corrected chi connectivity index (χ4v) is 2.97. The Balaban J connectivity index is 2.15. The number of hydrogen-bond donors (Lipinski definition) is 1. The summed E-state index contributed by atoms with van der Waals surface area (Å²) in [7, 11) is 2.21. The smallest absolute Gasteiger partial charge is 0.410 e. The first kappa shape index (κ1) is 24.9. The Bertz CT molecular complexity index is 882. The van der Waals surface area contributed by atoms with Gasteiger partial charge in [0.1, 0.15) is 17.0 Å². The molecule has 0 radical (unpaired) electrons. The molecule has 0 bridgehead atoms. The van der Waals surface area contributed by atoms with Gasteiger partial charge in [-0.15, -0.1) is 0 Å². The summed E-state index contributed by atoms with van der Waals surface area (Å²) < 4.78 is 43.9. The average Bonchev–Trinajstić information content (AvgIpc) is 2.71. The SMILES string of the molecule is COC(=O)/C=C(/Nc1cc(F)c(N2CCN(C(=O)OC(C)(C)C)CC2)c(F)c1)C(=O)OC. The highest BCUT2D eigenvalue weighted by molar-refractivity contribution is 5.98. The van der Waals surface area contributed by atoms with Crippen LogP contribution in [0.5, 0.6) is 0 Å². The van der Waals surface area contributed by atoms with Crippen molar-refractivity contribution in [1.82, 2.24) is 4.90 Å². The summed E-state index contributed by atoms with van der Waals surface area (Å²) in [6, 6.07) is 1.99. The number of nitrogens with zero attached hydrogens (tertiary/aromatic N) is 2. The van der Waals surface area contributed by atoms with E-state index < -0.39 is 35.3 Å². The van der Waals surface area contributed by atoms with Crippen LogP contribution in [0.4, 0.5) is 25.0 Å². The van der Waals surface area contributed by atoms with Crippen LogP contribution < -0.4 is 10.2 Å². The van der Waals surface area contributed by atoms with E-state index in [4.69, 9.17) is 4.74 Å². The molecule has 1 aromatic rings. The monoisotopic (exact) mass is 455 g/mol. The van der Waals surface area contributed by atoms with Crippen molar-refractivity contribution in [2.45, 2.75) is 26.4 Å².